The van der Waals surface area contributed by atoms with E-state index in [1.165, 1.54) is 6.07 Å². The quantitative estimate of drug-likeness (QED) is 0.665. The Morgan fingerprint density at radius 2 is 2.11 bits per heavy atom. The van der Waals surface area contributed by atoms with Crippen molar-refractivity contribution in [3.8, 4) is 0 Å². The second kappa shape index (κ2) is 5.49. The van der Waals surface area contributed by atoms with E-state index in [0.717, 1.165) is 12.8 Å². The zero-order valence-electron chi connectivity index (χ0n) is 10.2. The number of aromatic nitrogens is 1. The Morgan fingerprint density at radius 3 is 2.89 bits per heavy atom. The van der Waals surface area contributed by atoms with Gasteiger partial charge in [-0.15, -0.1) is 0 Å². The third kappa shape index (κ3) is 2.59. The molecule has 0 unspecified atom stereocenters. The van der Waals surface area contributed by atoms with E-state index in [2.05, 4.69) is 4.98 Å². The van der Waals surface area contributed by atoms with Gasteiger partial charge in [-0.3, -0.25) is 4.79 Å². The van der Waals surface area contributed by atoms with Gasteiger partial charge in [0, 0.05) is 17.0 Å². The highest BCUT2D eigenvalue weighted by atomic mass is 16.5. The summed E-state index contributed by atoms with van der Waals surface area (Å²) in [5, 5.41) is 0.572. The molecule has 0 radical (unpaired) electrons. The normalized spacial score (nSPS) is 10.5. The summed E-state index contributed by atoms with van der Waals surface area (Å²) in [5.74, 6) is -0.480. The fraction of sp³-hybridized carbons (Fsp3) is 0.286. The monoisotopic (exact) mass is 245 g/mol. The molecule has 0 amide bonds. The minimum Gasteiger partial charge on any atom is -0.461 e. The maximum atomic E-state index is 11.8. The molecule has 1 aromatic heterocycles. The molecular formula is C14H15NO3. The number of rotatable bonds is 4. The van der Waals surface area contributed by atoms with Crippen LogP contribution in [0.15, 0.2) is 35.1 Å². The molecule has 0 aliphatic carbocycles. The molecule has 0 aliphatic heterocycles. The number of ether oxygens (including phenoxy) is 1. The van der Waals surface area contributed by atoms with Gasteiger partial charge in [0.25, 0.3) is 0 Å². The first-order valence-electron chi connectivity index (χ1n) is 6.01. The molecule has 0 spiro atoms. The molecular weight excluding hydrogens is 230 g/mol. The van der Waals surface area contributed by atoms with E-state index < -0.39 is 5.97 Å². The van der Waals surface area contributed by atoms with Gasteiger partial charge in [0.05, 0.1) is 6.61 Å². The molecule has 0 saturated carbocycles. The summed E-state index contributed by atoms with van der Waals surface area (Å²) in [4.78, 5) is 26.4. The highest BCUT2D eigenvalue weighted by Gasteiger charge is 2.10. The number of benzene rings is 1. The maximum Gasteiger partial charge on any atom is 0.354 e. The standard InChI is InChI=1S/C14H15NO3/c1-2-3-8-18-14(17)12-9-13(16)10-6-4-5-7-11(10)15-12/h4-7,9H,2-3,8H2,1H3,(H,15,16). The van der Waals surface area contributed by atoms with Crippen molar-refractivity contribution in [3.05, 3.63) is 46.2 Å². The molecule has 2 rings (SSSR count). The van der Waals surface area contributed by atoms with E-state index in [0.29, 0.717) is 17.5 Å². The van der Waals surface area contributed by atoms with Crippen LogP contribution in [0.1, 0.15) is 30.3 Å². The number of hydrogen-bond acceptors (Lipinski definition) is 3. The number of pyridine rings is 1. The van der Waals surface area contributed by atoms with Crippen LogP contribution in [0.4, 0.5) is 0 Å². The molecule has 94 valence electrons. The Labute approximate surface area is 105 Å². The van der Waals surface area contributed by atoms with E-state index in [1.54, 1.807) is 18.2 Å². The van der Waals surface area contributed by atoms with Crippen molar-refractivity contribution in [2.45, 2.75) is 19.8 Å². The van der Waals surface area contributed by atoms with E-state index in [4.69, 9.17) is 4.74 Å². The first-order chi connectivity index (χ1) is 8.72. The van der Waals surface area contributed by atoms with Crippen LogP contribution < -0.4 is 5.43 Å². The van der Waals surface area contributed by atoms with Gasteiger partial charge in [-0.25, -0.2) is 4.79 Å². The van der Waals surface area contributed by atoms with Gasteiger partial charge in [0.2, 0.25) is 0 Å². The number of carbonyl (C=O) groups excluding carboxylic acids is 1. The van der Waals surface area contributed by atoms with Gasteiger partial charge in [-0.1, -0.05) is 25.5 Å². The zero-order chi connectivity index (χ0) is 13.0. The Hall–Kier alpha value is -2.10. The molecule has 4 nitrogen and oxygen atoms in total. The fourth-order valence-electron chi connectivity index (χ4n) is 1.69. The van der Waals surface area contributed by atoms with Crippen LogP contribution in [0.5, 0.6) is 0 Å². The summed E-state index contributed by atoms with van der Waals surface area (Å²) in [6, 6.07) is 8.37. The smallest absolute Gasteiger partial charge is 0.354 e. The SMILES string of the molecule is CCCCOC(=O)c1cc(=O)c2ccccc2[nH]1. The Kier molecular flexibility index (Phi) is 3.77. The van der Waals surface area contributed by atoms with Crippen LogP contribution in [0.3, 0.4) is 0 Å². The molecule has 1 N–H and O–H groups in total. The van der Waals surface area contributed by atoms with Crippen molar-refractivity contribution in [2.24, 2.45) is 0 Å². The van der Waals surface area contributed by atoms with Crippen molar-refractivity contribution in [1.29, 1.82) is 0 Å². The molecule has 0 fully saturated rings. The van der Waals surface area contributed by atoms with Crippen molar-refractivity contribution < 1.29 is 9.53 Å². The second-order valence-electron chi connectivity index (χ2n) is 4.08. The van der Waals surface area contributed by atoms with Crippen LogP contribution >= 0.6 is 0 Å². The van der Waals surface area contributed by atoms with Crippen molar-refractivity contribution in [2.75, 3.05) is 6.61 Å². The number of para-hydroxylation sites is 1. The maximum absolute atomic E-state index is 11.8. The van der Waals surface area contributed by atoms with Gasteiger partial charge in [0.15, 0.2) is 5.43 Å². The van der Waals surface area contributed by atoms with Gasteiger partial charge in [-0.05, 0) is 18.6 Å². The number of aromatic amines is 1. The number of hydrogen-bond donors (Lipinski definition) is 1. The van der Waals surface area contributed by atoms with Crippen LogP contribution in [0.2, 0.25) is 0 Å². The lowest BCUT2D eigenvalue weighted by atomic mass is 10.2. The number of unbranched alkanes of at least 4 members (excludes halogenated alkanes) is 1. The summed E-state index contributed by atoms with van der Waals surface area (Å²) in [5.41, 5.74) is 0.675. The Balaban J connectivity index is 2.29. The molecule has 2 aromatic rings. The predicted molar refractivity (Wildman–Crippen MR) is 69.8 cm³/mol. The lowest BCUT2D eigenvalue weighted by Gasteiger charge is -2.05. The van der Waals surface area contributed by atoms with Crippen LogP contribution in [-0.2, 0) is 4.74 Å². The van der Waals surface area contributed by atoms with Crippen LogP contribution in [0.25, 0.3) is 10.9 Å². The molecule has 4 heteroatoms. The summed E-state index contributed by atoms with van der Waals surface area (Å²) in [7, 11) is 0. The predicted octanol–water partition coefficient (Wildman–Crippen LogP) is 2.49. The van der Waals surface area contributed by atoms with Crippen LogP contribution in [0, 0.1) is 0 Å². The van der Waals surface area contributed by atoms with E-state index in [1.807, 2.05) is 13.0 Å². The van der Waals surface area contributed by atoms with Crippen molar-refractivity contribution in [1.82, 2.24) is 4.98 Å². The molecule has 0 aliphatic rings. The number of esters is 1. The average molecular weight is 245 g/mol. The highest BCUT2D eigenvalue weighted by Crippen LogP contribution is 2.08. The Bertz CT molecular complexity index is 616. The van der Waals surface area contributed by atoms with Crippen molar-refractivity contribution >= 4 is 16.9 Å². The van der Waals surface area contributed by atoms with E-state index in [-0.39, 0.29) is 11.1 Å². The minimum atomic E-state index is -0.480. The molecule has 1 heterocycles. The minimum absolute atomic E-state index is 0.174. The van der Waals surface area contributed by atoms with Gasteiger partial charge in [0.1, 0.15) is 5.69 Å². The fourth-order valence-corrected chi connectivity index (χ4v) is 1.69. The number of H-pyrrole nitrogens is 1. The molecule has 0 atom stereocenters. The average Bonchev–Trinajstić information content (AvgIpc) is 2.39. The summed E-state index contributed by atoms with van der Waals surface area (Å²) >= 11 is 0. The Morgan fingerprint density at radius 1 is 1.33 bits per heavy atom. The molecule has 1 aromatic carbocycles. The van der Waals surface area contributed by atoms with E-state index >= 15 is 0 Å². The number of fused-ring (bicyclic) bond motifs is 1. The van der Waals surface area contributed by atoms with Crippen molar-refractivity contribution in [3.63, 3.8) is 0 Å². The number of carbonyl (C=O) groups is 1. The molecule has 0 saturated heterocycles. The third-order valence-corrected chi connectivity index (χ3v) is 2.69. The first kappa shape index (κ1) is 12.4. The van der Waals surface area contributed by atoms with Gasteiger partial charge >= 0.3 is 5.97 Å². The first-order valence-corrected chi connectivity index (χ1v) is 6.01. The zero-order valence-corrected chi connectivity index (χ0v) is 10.2. The van der Waals surface area contributed by atoms with Crippen LogP contribution in [-0.4, -0.2) is 17.6 Å². The van der Waals surface area contributed by atoms with E-state index in [9.17, 15) is 9.59 Å². The largest absolute Gasteiger partial charge is 0.461 e. The molecule has 18 heavy (non-hydrogen) atoms. The van der Waals surface area contributed by atoms with Gasteiger partial charge in [-0.2, -0.15) is 0 Å². The lowest BCUT2D eigenvalue weighted by Crippen LogP contribution is -2.13. The third-order valence-electron chi connectivity index (χ3n) is 2.69. The summed E-state index contributed by atoms with van der Waals surface area (Å²) in [6.07, 6.45) is 1.78. The summed E-state index contributed by atoms with van der Waals surface area (Å²) < 4.78 is 5.06. The van der Waals surface area contributed by atoms with Gasteiger partial charge < -0.3 is 9.72 Å². The second-order valence-corrected chi connectivity index (χ2v) is 4.08. The summed E-state index contributed by atoms with van der Waals surface area (Å²) in [6.45, 7) is 2.40. The highest BCUT2D eigenvalue weighted by molar-refractivity contribution is 5.90. The lowest BCUT2D eigenvalue weighted by molar-refractivity contribution is 0.0493. The molecule has 0 bridgehead atoms. The topological polar surface area (TPSA) is 59.2 Å². The number of nitrogens with one attached hydrogen (secondary N) is 1.